The monoisotopic (exact) mass is 360 g/mol. The minimum Gasteiger partial charge on any atom is -0.391 e. The topological polar surface area (TPSA) is 59.9 Å². The Labute approximate surface area is 152 Å². The average molecular weight is 361 g/mol. The first kappa shape index (κ1) is 19.0. The van der Waals surface area contributed by atoms with Crippen molar-refractivity contribution < 1.29 is 14.4 Å². The van der Waals surface area contributed by atoms with Crippen molar-refractivity contribution in [3.8, 4) is 0 Å². The standard InChI is InChI=1S/C19H21ClN2O3/c1-13(15-9-6-7-11-17(15)20)22-25-12-14-8-4-5-10-16(14)18(24-3)19(23)21-2/h4-11,18H,12H2,1-3H3,(H,21,23)/b22-13+. The first-order valence-corrected chi connectivity index (χ1v) is 8.20. The molecule has 132 valence electrons. The number of hydrogen-bond donors (Lipinski definition) is 1. The van der Waals surface area contributed by atoms with E-state index in [9.17, 15) is 4.79 Å². The first-order valence-electron chi connectivity index (χ1n) is 7.82. The Morgan fingerprint density at radius 3 is 2.56 bits per heavy atom. The Bertz CT molecular complexity index is 762. The van der Waals surface area contributed by atoms with Crippen molar-refractivity contribution in [2.24, 2.45) is 5.16 Å². The smallest absolute Gasteiger partial charge is 0.253 e. The molecule has 1 amide bonds. The number of carbonyl (C=O) groups is 1. The van der Waals surface area contributed by atoms with Crippen LogP contribution in [0.3, 0.4) is 0 Å². The predicted octanol–water partition coefficient (Wildman–Crippen LogP) is 3.71. The van der Waals surface area contributed by atoms with Gasteiger partial charge in [-0.15, -0.1) is 0 Å². The highest BCUT2D eigenvalue weighted by Gasteiger charge is 2.21. The van der Waals surface area contributed by atoms with Crippen LogP contribution in [0.1, 0.15) is 29.7 Å². The number of oxime groups is 1. The molecule has 6 heteroatoms. The van der Waals surface area contributed by atoms with Crippen LogP contribution in [0.5, 0.6) is 0 Å². The predicted molar refractivity (Wildman–Crippen MR) is 98.7 cm³/mol. The number of ether oxygens (including phenoxy) is 1. The van der Waals surface area contributed by atoms with Gasteiger partial charge < -0.3 is 14.9 Å². The SMILES string of the molecule is CNC(=O)C(OC)c1ccccc1CO/N=C(\C)c1ccccc1Cl. The van der Waals surface area contributed by atoms with Crippen LogP contribution in [0.4, 0.5) is 0 Å². The number of nitrogens with zero attached hydrogens (tertiary/aromatic N) is 1. The highest BCUT2D eigenvalue weighted by Crippen LogP contribution is 2.22. The third kappa shape index (κ3) is 4.81. The second kappa shape index (κ2) is 9.20. The molecule has 0 heterocycles. The molecule has 0 spiro atoms. The van der Waals surface area contributed by atoms with Gasteiger partial charge in [-0.1, -0.05) is 59.2 Å². The summed E-state index contributed by atoms with van der Waals surface area (Å²) in [5, 5.41) is 7.35. The van der Waals surface area contributed by atoms with E-state index >= 15 is 0 Å². The van der Waals surface area contributed by atoms with Gasteiger partial charge in [0.15, 0.2) is 6.10 Å². The molecular formula is C19H21ClN2O3. The lowest BCUT2D eigenvalue weighted by atomic mass is 10.0. The van der Waals surface area contributed by atoms with Crippen LogP contribution in [0.25, 0.3) is 0 Å². The normalized spacial score (nSPS) is 12.6. The van der Waals surface area contributed by atoms with Crippen molar-refractivity contribution in [1.29, 1.82) is 0 Å². The van der Waals surface area contributed by atoms with Gasteiger partial charge in [0.1, 0.15) is 6.61 Å². The zero-order valence-corrected chi connectivity index (χ0v) is 15.2. The summed E-state index contributed by atoms with van der Waals surface area (Å²) >= 11 is 6.15. The number of halogens is 1. The molecule has 2 rings (SSSR count). The number of likely N-dealkylation sites (N-methyl/N-ethyl adjacent to an activating group) is 1. The second-order valence-corrected chi connectivity index (χ2v) is 5.77. The minimum absolute atomic E-state index is 0.217. The largest absolute Gasteiger partial charge is 0.391 e. The van der Waals surface area contributed by atoms with Crippen molar-refractivity contribution in [2.75, 3.05) is 14.2 Å². The molecule has 0 bridgehead atoms. The Morgan fingerprint density at radius 2 is 1.88 bits per heavy atom. The highest BCUT2D eigenvalue weighted by molar-refractivity contribution is 6.34. The molecule has 25 heavy (non-hydrogen) atoms. The molecule has 5 nitrogen and oxygen atoms in total. The third-order valence-electron chi connectivity index (χ3n) is 3.74. The fourth-order valence-corrected chi connectivity index (χ4v) is 2.70. The van der Waals surface area contributed by atoms with E-state index in [1.807, 2.05) is 49.4 Å². The summed E-state index contributed by atoms with van der Waals surface area (Å²) in [6.07, 6.45) is -0.696. The molecule has 0 aliphatic rings. The maximum atomic E-state index is 12.0. The summed E-state index contributed by atoms with van der Waals surface area (Å²) in [4.78, 5) is 17.5. The van der Waals surface area contributed by atoms with Gasteiger partial charge in [0, 0.05) is 24.7 Å². The quantitative estimate of drug-likeness (QED) is 0.604. The molecule has 0 saturated carbocycles. The number of methoxy groups -OCH3 is 1. The van der Waals surface area contributed by atoms with Gasteiger partial charge in [-0.3, -0.25) is 4.79 Å². The van der Waals surface area contributed by atoms with Crippen LogP contribution in [0.2, 0.25) is 5.02 Å². The van der Waals surface area contributed by atoms with E-state index < -0.39 is 6.10 Å². The second-order valence-electron chi connectivity index (χ2n) is 5.36. The number of carbonyl (C=O) groups excluding carboxylic acids is 1. The van der Waals surface area contributed by atoms with E-state index in [-0.39, 0.29) is 12.5 Å². The molecule has 0 saturated heterocycles. The van der Waals surface area contributed by atoms with E-state index in [1.165, 1.54) is 7.11 Å². The Kier molecular flexibility index (Phi) is 6.98. The van der Waals surface area contributed by atoms with Crippen LogP contribution in [0, 0.1) is 0 Å². The van der Waals surface area contributed by atoms with Crippen molar-refractivity contribution in [1.82, 2.24) is 5.32 Å². The molecular weight excluding hydrogens is 340 g/mol. The molecule has 0 aromatic heterocycles. The zero-order valence-electron chi connectivity index (χ0n) is 14.5. The first-order chi connectivity index (χ1) is 12.1. The van der Waals surface area contributed by atoms with E-state index in [1.54, 1.807) is 13.1 Å². The van der Waals surface area contributed by atoms with Crippen LogP contribution >= 0.6 is 11.6 Å². The molecule has 0 aliphatic carbocycles. The summed E-state index contributed by atoms with van der Waals surface area (Å²) in [7, 11) is 3.07. The van der Waals surface area contributed by atoms with Gasteiger partial charge in [-0.25, -0.2) is 0 Å². The van der Waals surface area contributed by atoms with Crippen molar-refractivity contribution in [3.63, 3.8) is 0 Å². The van der Waals surface area contributed by atoms with Gasteiger partial charge in [0.05, 0.1) is 5.71 Å². The van der Waals surface area contributed by atoms with Gasteiger partial charge >= 0.3 is 0 Å². The molecule has 0 aliphatic heterocycles. The van der Waals surface area contributed by atoms with Crippen LogP contribution in [-0.2, 0) is 21.0 Å². The van der Waals surface area contributed by atoms with Gasteiger partial charge in [0.2, 0.25) is 0 Å². The Morgan fingerprint density at radius 1 is 1.20 bits per heavy atom. The summed E-state index contributed by atoms with van der Waals surface area (Å²) in [5.74, 6) is -0.217. The number of nitrogens with one attached hydrogen (secondary N) is 1. The Hall–Kier alpha value is -2.37. The zero-order chi connectivity index (χ0) is 18.2. The van der Waals surface area contributed by atoms with Gasteiger partial charge in [-0.05, 0) is 24.1 Å². The molecule has 0 radical (unpaired) electrons. The molecule has 2 aromatic rings. The minimum atomic E-state index is -0.696. The Balaban J connectivity index is 2.15. The number of rotatable bonds is 7. The van der Waals surface area contributed by atoms with Crippen LogP contribution < -0.4 is 5.32 Å². The number of hydrogen-bond acceptors (Lipinski definition) is 4. The summed E-state index contributed by atoms with van der Waals surface area (Å²) in [6.45, 7) is 2.05. The van der Waals surface area contributed by atoms with Crippen molar-refractivity contribution in [3.05, 3.63) is 70.2 Å². The van der Waals surface area contributed by atoms with Crippen molar-refractivity contribution in [2.45, 2.75) is 19.6 Å². The van der Waals surface area contributed by atoms with Crippen LogP contribution in [-0.4, -0.2) is 25.8 Å². The van der Waals surface area contributed by atoms with Gasteiger partial charge in [-0.2, -0.15) is 0 Å². The van der Waals surface area contributed by atoms with Gasteiger partial charge in [0.25, 0.3) is 5.91 Å². The lowest BCUT2D eigenvalue weighted by Gasteiger charge is -2.17. The molecule has 1 N–H and O–H groups in total. The fourth-order valence-electron chi connectivity index (χ4n) is 2.43. The molecule has 0 fully saturated rings. The van der Waals surface area contributed by atoms with E-state index in [4.69, 9.17) is 21.2 Å². The highest BCUT2D eigenvalue weighted by atomic mass is 35.5. The van der Waals surface area contributed by atoms with E-state index in [0.717, 1.165) is 16.7 Å². The molecule has 1 unspecified atom stereocenters. The fraction of sp³-hybridized carbons (Fsp3) is 0.263. The van der Waals surface area contributed by atoms with Crippen LogP contribution in [0.15, 0.2) is 53.7 Å². The maximum Gasteiger partial charge on any atom is 0.253 e. The third-order valence-corrected chi connectivity index (χ3v) is 4.07. The number of benzene rings is 2. The summed E-state index contributed by atoms with van der Waals surface area (Å²) in [5.41, 5.74) is 3.07. The summed E-state index contributed by atoms with van der Waals surface area (Å²) in [6, 6.07) is 14.9. The maximum absolute atomic E-state index is 12.0. The molecule has 2 aromatic carbocycles. The average Bonchev–Trinajstić information content (AvgIpc) is 2.63. The number of amides is 1. The summed E-state index contributed by atoms with van der Waals surface area (Å²) < 4.78 is 5.32. The lowest BCUT2D eigenvalue weighted by Crippen LogP contribution is -2.27. The molecule has 1 atom stereocenters. The van der Waals surface area contributed by atoms with E-state index in [2.05, 4.69) is 10.5 Å². The van der Waals surface area contributed by atoms with Crippen molar-refractivity contribution >= 4 is 23.2 Å². The van der Waals surface area contributed by atoms with E-state index in [0.29, 0.717) is 10.7 Å². The lowest BCUT2D eigenvalue weighted by molar-refractivity contribution is -0.130.